The first-order valence-electron chi connectivity index (χ1n) is 15.3. The Labute approximate surface area is 246 Å². The van der Waals surface area contributed by atoms with Crippen molar-refractivity contribution in [3.63, 3.8) is 0 Å². The van der Waals surface area contributed by atoms with Crippen LogP contribution in [0.1, 0.15) is 107 Å². The number of methoxy groups -OCH3 is 1. The highest BCUT2D eigenvalue weighted by molar-refractivity contribution is 5.95. The number of hydrogen-bond donors (Lipinski definition) is 5. The van der Waals surface area contributed by atoms with Crippen molar-refractivity contribution in [2.24, 2.45) is 5.73 Å². The Morgan fingerprint density at radius 1 is 0.750 bits per heavy atom. The van der Waals surface area contributed by atoms with Crippen LogP contribution in [0, 0.1) is 0 Å². The molecule has 0 aliphatic heterocycles. The monoisotopic (exact) mass is 572 g/mol. The van der Waals surface area contributed by atoms with E-state index in [1.165, 1.54) is 0 Å². The maximum atomic E-state index is 13.9. The number of carbonyl (C=O) groups excluding carboxylic acids is 2. The summed E-state index contributed by atoms with van der Waals surface area (Å²) in [5, 5.41) is 13.3. The molecule has 0 aliphatic rings. The third-order valence-electron chi connectivity index (χ3n) is 7.91. The predicted octanol–water partition coefficient (Wildman–Crippen LogP) is 3.34. The average molecular weight is 572 g/mol. The summed E-state index contributed by atoms with van der Waals surface area (Å²) in [6, 6.07) is -0.725. The number of nitrogens with two attached hydrogens (primary N) is 1. The summed E-state index contributed by atoms with van der Waals surface area (Å²) >= 11 is 0. The van der Waals surface area contributed by atoms with E-state index in [9.17, 15) is 9.59 Å². The molecule has 9 nitrogen and oxygen atoms in total. The summed E-state index contributed by atoms with van der Waals surface area (Å²) in [5.74, 6) is 0.143. The van der Waals surface area contributed by atoms with E-state index < -0.39 is 17.1 Å². The lowest BCUT2D eigenvalue weighted by molar-refractivity contribution is -0.130. The fourth-order valence-electron chi connectivity index (χ4n) is 4.71. The molecule has 238 valence electrons. The SMILES string of the molecule is CNCCCCC(NC(C)(C)C(=O)C(CCCCN)NC)C(=O)C(C)(C)NCCC(C)(C)OCCC(C)(C)OC. The summed E-state index contributed by atoms with van der Waals surface area (Å²) < 4.78 is 11.6. The Morgan fingerprint density at radius 3 is 1.88 bits per heavy atom. The van der Waals surface area contributed by atoms with Gasteiger partial charge in [-0.05, 0) is 128 Å². The summed E-state index contributed by atoms with van der Waals surface area (Å²) in [7, 11) is 5.47. The lowest BCUT2D eigenvalue weighted by atomic mass is 9.85. The minimum Gasteiger partial charge on any atom is -0.379 e. The summed E-state index contributed by atoms with van der Waals surface area (Å²) in [5.41, 5.74) is 3.47. The molecule has 9 heteroatoms. The van der Waals surface area contributed by atoms with Crippen LogP contribution in [0.3, 0.4) is 0 Å². The molecule has 0 fully saturated rings. The molecule has 0 saturated carbocycles. The van der Waals surface area contributed by atoms with Crippen LogP contribution in [-0.4, -0.2) is 93.4 Å². The molecule has 0 bridgehead atoms. The van der Waals surface area contributed by atoms with Crippen molar-refractivity contribution in [1.82, 2.24) is 21.3 Å². The number of nitrogens with one attached hydrogen (secondary N) is 4. The molecule has 0 radical (unpaired) electrons. The third-order valence-corrected chi connectivity index (χ3v) is 7.91. The fourth-order valence-corrected chi connectivity index (χ4v) is 4.71. The number of likely N-dealkylation sites (N-methyl/N-ethyl adjacent to an activating group) is 1. The summed E-state index contributed by atoms with van der Waals surface area (Å²) in [6.45, 7) is 18.7. The highest BCUT2D eigenvalue weighted by atomic mass is 16.5. The Balaban J connectivity index is 5.38. The van der Waals surface area contributed by atoms with E-state index in [1.54, 1.807) is 7.11 Å². The zero-order valence-corrected chi connectivity index (χ0v) is 27.9. The average Bonchev–Trinajstić information content (AvgIpc) is 2.87. The van der Waals surface area contributed by atoms with Crippen molar-refractivity contribution in [1.29, 1.82) is 0 Å². The molecule has 0 aromatic heterocycles. The molecule has 0 saturated heterocycles. The zero-order valence-electron chi connectivity index (χ0n) is 27.9. The molecule has 0 amide bonds. The molecule has 40 heavy (non-hydrogen) atoms. The van der Waals surface area contributed by atoms with E-state index in [-0.39, 0.29) is 28.8 Å². The number of Topliss-reactive ketones (excluding diaryl/α,β-unsaturated/α-hetero) is 2. The molecule has 2 atom stereocenters. The second-order valence-corrected chi connectivity index (χ2v) is 13.4. The smallest absolute Gasteiger partial charge is 0.169 e. The molecule has 0 aromatic carbocycles. The van der Waals surface area contributed by atoms with Gasteiger partial charge in [-0.25, -0.2) is 0 Å². The van der Waals surface area contributed by atoms with Gasteiger partial charge in [-0.1, -0.05) is 12.8 Å². The van der Waals surface area contributed by atoms with Crippen LogP contribution < -0.4 is 27.0 Å². The first-order chi connectivity index (χ1) is 18.5. The molecule has 0 rings (SSSR count). The van der Waals surface area contributed by atoms with Crippen molar-refractivity contribution in [3.05, 3.63) is 0 Å². The topological polar surface area (TPSA) is 127 Å². The standard InChI is InChI=1S/C31H65N5O4/c1-28(2,39-11)19-23-40-29(3,4)18-22-35-30(5,6)27(38)25(17-13-15-21-33-9)36-31(7,8)26(37)24(34-10)16-12-14-20-32/h24-25,33-36H,12-23,32H2,1-11H3. The van der Waals surface area contributed by atoms with Gasteiger partial charge in [-0.3, -0.25) is 14.9 Å². The first kappa shape index (κ1) is 39.1. The van der Waals surface area contributed by atoms with Crippen LogP contribution in [0.4, 0.5) is 0 Å². The molecule has 0 spiro atoms. The largest absolute Gasteiger partial charge is 0.379 e. The summed E-state index contributed by atoms with van der Waals surface area (Å²) in [6.07, 6.45) is 6.59. The number of unbranched alkanes of at least 4 members (excludes halogenated alkanes) is 2. The van der Waals surface area contributed by atoms with Crippen LogP contribution in [0.15, 0.2) is 0 Å². The Bertz CT molecular complexity index is 725. The summed E-state index contributed by atoms with van der Waals surface area (Å²) in [4.78, 5) is 27.4. The van der Waals surface area contributed by atoms with Crippen molar-refractivity contribution in [3.8, 4) is 0 Å². The van der Waals surface area contributed by atoms with Gasteiger partial charge in [0.1, 0.15) is 0 Å². The number of ether oxygens (including phenoxy) is 2. The van der Waals surface area contributed by atoms with E-state index in [0.717, 1.165) is 51.5 Å². The van der Waals surface area contributed by atoms with E-state index in [2.05, 4.69) is 49.0 Å². The van der Waals surface area contributed by atoms with Gasteiger partial charge in [0, 0.05) is 7.11 Å². The number of ketones is 2. The van der Waals surface area contributed by atoms with Crippen LogP contribution in [-0.2, 0) is 19.1 Å². The van der Waals surface area contributed by atoms with Gasteiger partial charge < -0.3 is 31.2 Å². The lowest BCUT2D eigenvalue weighted by Crippen LogP contribution is -2.63. The molecule has 2 unspecified atom stereocenters. The number of hydrogen-bond acceptors (Lipinski definition) is 9. The van der Waals surface area contributed by atoms with Gasteiger partial charge in [0.2, 0.25) is 0 Å². The molecular formula is C31H65N5O4. The van der Waals surface area contributed by atoms with Crippen LogP contribution in [0.25, 0.3) is 0 Å². The van der Waals surface area contributed by atoms with E-state index in [0.29, 0.717) is 26.1 Å². The molecular weight excluding hydrogens is 506 g/mol. The van der Waals surface area contributed by atoms with Gasteiger partial charge in [-0.15, -0.1) is 0 Å². The van der Waals surface area contributed by atoms with Crippen LogP contribution in [0.5, 0.6) is 0 Å². The van der Waals surface area contributed by atoms with Crippen molar-refractivity contribution < 1.29 is 19.1 Å². The molecule has 0 aromatic rings. The second kappa shape index (κ2) is 18.6. The van der Waals surface area contributed by atoms with Crippen LogP contribution in [0.2, 0.25) is 0 Å². The van der Waals surface area contributed by atoms with Gasteiger partial charge in [0.15, 0.2) is 11.6 Å². The molecule has 0 aliphatic carbocycles. The predicted molar refractivity (Wildman–Crippen MR) is 167 cm³/mol. The normalized spacial score (nSPS) is 14.8. The minimum absolute atomic E-state index is 0.0707. The number of rotatable bonds is 25. The quantitative estimate of drug-likeness (QED) is 0.105. The van der Waals surface area contributed by atoms with Gasteiger partial charge in [0.25, 0.3) is 0 Å². The lowest BCUT2D eigenvalue weighted by Gasteiger charge is -2.37. The highest BCUT2D eigenvalue weighted by Gasteiger charge is 2.40. The fraction of sp³-hybridized carbons (Fsp3) is 0.935. The van der Waals surface area contributed by atoms with E-state index in [1.807, 2.05) is 41.8 Å². The second-order valence-electron chi connectivity index (χ2n) is 13.4. The van der Waals surface area contributed by atoms with Crippen LogP contribution >= 0.6 is 0 Å². The highest BCUT2D eigenvalue weighted by Crippen LogP contribution is 2.21. The molecule has 0 heterocycles. The van der Waals surface area contributed by atoms with E-state index >= 15 is 0 Å². The minimum atomic E-state index is -0.860. The maximum absolute atomic E-state index is 13.9. The van der Waals surface area contributed by atoms with Crippen molar-refractivity contribution >= 4 is 11.6 Å². The van der Waals surface area contributed by atoms with E-state index in [4.69, 9.17) is 15.2 Å². The zero-order chi connectivity index (χ0) is 31.0. The van der Waals surface area contributed by atoms with Gasteiger partial charge >= 0.3 is 0 Å². The Morgan fingerprint density at radius 2 is 1.32 bits per heavy atom. The van der Waals surface area contributed by atoms with Gasteiger partial charge in [-0.2, -0.15) is 0 Å². The Kier molecular flexibility index (Phi) is 18.1. The third kappa shape index (κ3) is 15.3. The molecule has 6 N–H and O–H groups in total. The van der Waals surface area contributed by atoms with Crippen molar-refractivity contribution in [2.45, 2.75) is 141 Å². The maximum Gasteiger partial charge on any atom is 0.169 e. The first-order valence-corrected chi connectivity index (χ1v) is 15.3. The van der Waals surface area contributed by atoms with Crippen molar-refractivity contribution in [2.75, 3.05) is 47.4 Å². The Hall–Kier alpha value is -0.940. The van der Waals surface area contributed by atoms with Gasteiger partial charge in [0.05, 0.1) is 41.0 Å². The number of carbonyl (C=O) groups is 2.